The highest BCUT2D eigenvalue weighted by Crippen LogP contribution is 2.22. The number of ether oxygens (including phenoxy) is 1. The minimum atomic E-state index is -0.375. The average molecular weight is 240 g/mol. The van der Waals surface area contributed by atoms with Gasteiger partial charge < -0.3 is 15.0 Å². The Bertz CT molecular complexity index is 380. The quantitative estimate of drug-likeness (QED) is 0.862. The van der Waals surface area contributed by atoms with Crippen molar-refractivity contribution in [2.24, 2.45) is 0 Å². The topological polar surface area (TPSA) is 50.3 Å². The molecule has 1 saturated heterocycles. The Kier molecular flexibility index (Phi) is 3.73. The first-order valence-electron chi connectivity index (χ1n) is 5.72. The van der Waals surface area contributed by atoms with Gasteiger partial charge in [-0.05, 0) is 12.8 Å². The van der Waals surface area contributed by atoms with Gasteiger partial charge in [-0.1, -0.05) is 0 Å². The summed E-state index contributed by atoms with van der Waals surface area (Å²) in [6.45, 7) is 1.52. The standard InChI is InChI=1S/C11H17FN4O/c1-13-11-14-7-9(12)10(15-11)16-5-3-8(17-2)4-6-16/h7-8H,3-6H2,1-2H3,(H,13,14,15). The summed E-state index contributed by atoms with van der Waals surface area (Å²) < 4.78 is 18.9. The van der Waals surface area contributed by atoms with Crippen molar-refractivity contribution >= 4 is 11.8 Å². The van der Waals surface area contributed by atoms with Crippen LogP contribution in [0.2, 0.25) is 0 Å². The highest BCUT2D eigenvalue weighted by Gasteiger charge is 2.22. The molecule has 0 radical (unpaired) electrons. The molecule has 17 heavy (non-hydrogen) atoms. The molecule has 1 aromatic rings. The van der Waals surface area contributed by atoms with E-state index in [1.807, 2.05) is 4.90 Å². The number of piperidine rings is 1. The van der Waals surface area contributed by atoms with Crippen LogP contribution in [0.25, 0.3) is 0 Å². The maximum absolute atomic E-state index is 13.6. The van der Waals surface area contributed by atoms with Crippen molar-refractivity contribution < 1.29 is 9.13 Å². The number of halogens is 1. The SMILES string of the molecule is CNc1ncc(F)c(N2CCC(OC)CC2)n1. The molecule has 2 heterocycles. The summed E-state index contributed by atoms with van der Waals surface area (Å²) in [6.07, 6.45) is 3.28. The lowest BCUT2D eigenvalue weighted by Gasteiger charge is -2.32. The fourth-order valence-corrected chi connectivity index (χ4v) is 2.00. The average Bonchev–Trinajstić information content (AvgIpc) is 2.39. The molecule has 5 nitrogen and oxygen atoms in total. The first-order chi connectivity index (χ1) is 8.24. The fourth-order valence-electron chi connectivity index (χ4n) is 2.00. The van der Waals surface area contributed by atoms with Gasteiger partial charge in [0.1, 0.15) is 0 Å². The minimum Gasteiger partial charge on any atom is -0.381 e. The van der Waals surface area contributed by atoms with Crippen LogP contribution in [0.3, 0.4) is 0 Å². The van der Waals surface area contributed by atoms with Crippen LogP contribution in [0.5, 0.6) is 0 Å². The minimum absolute atomic E-state index is 0.278. The molecule has 1 aliphatic heterocycles. The Morgan fingerprint density at radius 1 is 1.47 bits per heavy atom. The molecule has 2 rings (SSSR count). The summed E-state index contributed by atoms with van der Waals surface area (Å²) in [4.78, 5) is 9.93. The number of aromatic nitrogens is 2. The highest BCUT2D eigenvalue weighted by atomic mass is 19.1. The zero-order valence-corrected chi connectivity index (χ0v) is 10.1. The second kappa shape index (κ2) is 5.27. The first kappa shape index (κ1) is 12.0. The summed E-state index contributed by atoms with van der Waals surface area (Å²) in [5.41, 5.74) is 0. The van der Waals surface area contributed by atoms with Crippen molar-refractivity contribution in [1.82, 2.24) is 9.97 Å². The van der Waals surface area contributed by atoms with Gasteiger partial charge in [0.25, 0.3) is 0 Å². The van der Waals surface area contributed by atoms with Crippen molar-refractivity contribution in [3.63, 3.8) is 0 Å². The van der Waals surface area contributed by atoms with E-state index in [0.717, 1.165) is 25.9 Å². The lowest BCUT2D eigenvalue weighted by atomic mass is 10.1. The van der Waals surface area contributed by atoms with E-state index in [9.17, 15) is 4.39 Å². The van der Waals surface area contributed by atoms with Gasteiger partial charge in [-0.25, -0.2) is 9.37 Å². The molecule has 0 atom stereocenters. The third-order valence-corrected chi connectivity index (χ3v) is 3.02. The van der Waals surface area contributed by atoms with Gasteiger partial charge in [0, 0.05) is 27.2 Å². The Hall–Kier alpha value is -1.43. The molecule has 1 aliphatic rings. The van der Waals surface area contributed by atoms with Gasteiger partial charge in [0.15, 0.2) is 11.6 Å². The summed E-state index contributed by atoms with van der Waals surface area (Å²) in [7, 11) is 3.43. The number of hydrogen-bond donors (Lipinski definition) is 1. The lowest BCUT2D eigenvalue weighted by Crippen LogP contribution is -2.37. The summed E-state index contributed by atoms with van der Waals surface area (Å²) >= 11 is 0. The molecule has 0 aliphatic carbocycles. The molecule has 94 valence electrons. The molecular weight excluding hydrogens is 223 g/mol. The Labute approximate surface area is 100 Å². The van der Waals surface area contributed by atoms with Gasteiger partial charge in [-0.15, -0.1) is 0 Å². The largest absolute Gasteiger partial charge is 0.381 e. The third-order valence-electron chi connectivity index (χ3n) is 3.02. The van der Waals surface area contributed by atoms with Crippen molar-refractivity contribution in [2.45, 2.75) is 18.9 Å². The van der Waals surface area contributed by atoms with Crippen LogP contribution in [-0.2, 0) is 4.74 Å². The van der Waals surface area contributed by atoms with Crippen LogP contribution in [0.1, 0.15) is 12.8 Å². The van der Waals surface area contributed by atoms with Gasteiger partial charge in [-0.3, -0.25) is 0 Å². The van der Waals surface area contributed by atoms with Gasteiger partial charge in [0.05, 0.1) is 12.3 Å². The van der Waals surface area contributed by atoms with E-state index in [1.165, 1.54) is 6.20 Å². The van der Waals surface area contributed by atoms with E-state index in [-0.39, 0.29) is 11.9 Å². The fraction of sp³-hybridized carbons (Fsp3) is 0.636. The van der Waals surface area contributed by atoms with Gasteiger partial charge >= 0.3 is 0 Å². The van der Waals surface area contributed by atoms with Crippen LogP contribution >= 0.6 is 0 Å². The van der Waals surface area contributed by atoms with E-state index in [1.54, 1.807) is 14.2 Å². The van der Waals surface area contributed by atoms with Crippen LogP contribution in [-0.4, -0.2) is 43.3 Å². The van der Waals surface area contributed by atoms with Crippen LogP contribution < -0.4 is 10.2 Å². The van der Waals surface area contributed by atoms with Gasteiger partial charge in [0.2, 0.25) is 5.95 Å². The molecule has 0 spiro atoms. The predicted molar refractivity (Wildman–Crippen MR) is 63.8 cm³/mol. The summed E-state index contributed by atoms with van der Waals surface area (Å²) in [6, 6.07) is 0. The van der Waals surface area contributed by atoms with E-state index in [4.69, 9.17) is 4.74 Å². The van der Waals surface area contributed by atoms with Crippen LogP contribution in [0.4, 0.5) is 16.2 Å². The zero-order chi connectivity index (χ0) is 12.3. The molecule has 0 bridgehead atoms. The molecule has 0 unspecified atom stereocenters. The Morgan fingerprint density at radius 3 is 2.76 bits per heavy atom. The number of hydrogen-bond acceptors (Lipinski definition) is 5. The maximum Gasteiger partial charge on any atom is 0.224 e. The molecule has 1 aromatic heterocycles. The highest BCUT2D eigenvalue weighted by molar-refractivity contribution is 5.44. The third kappa shape index (κ3) is 2.63. The maximum atomic E-state index is 13.6. The van der Waals surface area contributed by atoms with E-state index in [2.05, 4.69) is 15.3 Å². The smallest absolute Gasteiger partial charge is 0.224 e. The zero-order valence-electron chi connectivity index (χ0n) is 10.1. The Balaban J connectivity index is 2.12. The monoisotopic (exact) mass is 240 g/mol. The van der Waals surface area contributed by atoms with E-state index >= 15 is 0 Å². The second-order valence-electron chi connectivity index (χ2n) is 4.04. The summed E-state index contributed by atoms with van der Waals surface area (Å²) in [5.74, 6) is 0.439. The Morgan fingerprint density at radius 2 is 2.18 bits per heavy atom. The predicted octanol–water partition coefficient (Wildman–Crippen LogP) is 1.27. The number of methoxy groups -OCH3 is 1. The van der Waals surface area contributed by atoms with Gasteiger partial charge in [-0.2, -0.15) is 4.98 Å². The van der Waals surface area contributed by atoms with Crippen molar-refractivity contribution in [3.8, 4) is 0 Å². The number of nitrogens with zero attached hydrogens (tertiary/aromatic N) is 3. The van der Waals surface area contributed by atoms with Crippen molar-refractivity contribution in [3.05, 3.63) is 12.0 Å². The molecule has 0 amide bonds. The molecule has 1 fully saturated rings. The molecule has 0 aromatic carbocycles. The summed E-state index contributed by atoms with van der Waals surface area (Å²) in [5, 5.41) is 2.81. The first-order valence-corrected chi connectivity index (χ1v) is 5.72. The molecular formula is C11H17FN4O. The van der Waals surface area contributed by atoms with E-state index in [0.29, 0.717) is 11.8 Å². The van der Waals surface area contributed by atoms with Crippen molar-refractivity contribution in [1.29, 1.82) is 0 Å². The molecule has 0 saturated carbocycles. The van der Waals surface area contributed by atoms with Crippen molar-refractivity contribution in [2.75, 3.05) is 37.5 Å². The molecule has 6 heteroatoms. The van der Waals surface area contributed by atoms with E-state index < -0.39 is 0 Å². The normalized spacial score (nSPS) is 17.2. The number of anilines is 2. The van der Waals surface area contributed by atoms with Crippen LogP contribution in [0, 0.1) is 5.82 Å². The number of nitrogens with one attached hydrogen (secondary N) is 1. The second-order valence-corrected chi connectivity index (χ2v) is 4.04. The van der Waals surface area contributed by atoms with Crippen LogP contribution in [0.15, 0.2) is 6.20 Å². The number of rotatable bonds is 3. The molecule has 1 N–H and O–H groups in total. The lowest BCUT2D eigenvalue weighted by molar-refractivity contribution is 0.0816.